The molecule has 0 aliphatic carbocycles. The molecule has 0 bridgehead atoms. The first-order valence-electron chi connectivity index (χ1n) is 9.86. The van der Waals surface area contributed by atoms with Crippen LogP contribution in [0.2, 0.25) is 0 Å². The first-order chi connectivity index (χ1) is 14.6. The fourth-order valence-corrected chi connectivity index (χ4v) is 3.12. The number of amides is 1. The lowest BCUT2D eigenvalue weighted by Gasteiger charge is -2.26. The van der Waals surface area contributed by atoms with Crippen molar-refractivity contribution >= 4 is 17.6 Å². The van der Waals surface area contributed by atoms with Crippen LogP contribution in [-0.4, -0.2) is 24.5 Å². The van der Waals surface area contributed by atoms with Gasteiger partial charge in [0.2, 0.25) is 0 Å². The molecule has 0 aromatic heterocycles. The van der Waals surface area contributed by atoms with Gasteiger partial charge in [0.15, 0.2) is 6.61 Å². The Hall–Kier alpha value is -3.60. The van der Waals surface area contributed by atoms with Gasteiger partial charge in [0.25, 0.3) is 5.91 Å². The summed E-state index contributed by atoms with van der Waals surface area (Å²) in [5.41, 5.74) is 1.85. The Kier molecular flexibility index (Phi) is 7.22. The molecule has 0 aliphatic heterocycles. The van der Waals surface area contributed by atoms with E-state index in [0.717, 1.165) is 5.69 Å². The molecule has 0 spiro atoms. The van der Waals surface area contributed by atoms with Crippen molar-refractivity contribution in [3.63, 3.8) is 0 Å². The van der Waals surface area contributed by atoms with Gasteiger partial charge < -0.3 is 14.4 Å². The lowest BCUT2D eigenvalue weighted by molar-refractivity contribution is -0.122. The van der Waals surface area contributed by atoms with Crippen molar-refractivity contribution in [1.82, 2.24) is 0 Å². The van der Waals surface area contributed by atoms with E-state index in [2.05, 4.69) is 0 Å². The Bertz CT molecular complexity index is 971. The highest BCUT2D eigenvalue weighted by Gasteiger charge is 2.21. The summed E-state index contributed by atoms with van der Waals surface area (Å²) in [6.07, 6.45) is 0. The van der Waals surface area contributed by atoms with E-state index in [0.29, 0.717) is 16.9 Å². The van der Waals surface area contributed by atoms with E-state index in [1.165, 1.54) is 0 Å². The molecule has 0 aliphatic rings. The first-order valence-corrected chi connectivity index (χ1v) is 9.86. The predicted octanol–water partition coefficient (Wildman–Crippen LogP) is 4.86. The number of rotatable bonds is 8. The number of benzene rings is 3. The molecule has 1 amide bonds. The highest BCUT2D eigenvalue weighted by molar-refractivity contribution is 5.97. The lowest BCUT2D eigenvalue weighted by atomic mass is 10.1. The van der Waals surface area contributed by atoms with Gasteiger partial charge in [-0.15, -0.1) is 0 Å². The molecule has 0 radical (unpaired) electrons. The predicted molar refractivity (Wildman–Crippen MR) is 117 cm³/mol. The largest absolute Gasteiger partial charge is 0.489 e. The second-order valence-corrected chi connectivity index (χ2v) is 7.03. The second kappa shape index (κ2) is 10.3. The van der Waals surface area contributed by atoms with Crippen LogP contribution in [-0.2, 0) is 16.1 Å². The maximum atomic E-state index is 12.7. The summed E-state index contributed by atoms with van der Waals surface area (Å²) in [5.74, 6) is -0.110. The van der Waals surface area contributed by atoms with Crippen LogP contribution in [0, 0.1) is 0 Å². The van der Waals surface area contributed by atoms with E-state index >= 15 is 0 Å². The summed E-state index contributed by atoms with van der Waals surface area (Å²) >= 11 is 0. The third kappa shape index (κ3) is 5.47. The zero-order valence-electron chi connectivity index (χ0n) is 17.2. The van der Waals surface area contributed by atoms with Crippen LogP contribution in [0.3, 0.4) is 0 Å². The van der Waals surface area contributed by atoms with E-state index in [1.54, 1.807) is 17.0 Å². The molecule has 0 heterocycles. The van der Waals surface area contributed by atoms with Gasteiger partial charge in [-0.3, -0.25) is 4.79 Å². The summed E-state index contributed by atoms with van der Waals surface area (Å²) in [7, 11) is 0. The molecule has 3 rings (SSSR count). The fraction of sp³-hybridized carbons (Fsp3) is 0.200. The van der Waals surface area contributed by atoms with Crippen LogP contribution in [0.15, 0.2) is 84.9 Å². The molecular weight excluding hydrogens is 378 g/mol. The zero-order valence-corrected chi connectivity index (χ0v) is 17.2. The highest BCUT2D eigenvalue weighted by Crippen LogP contribution is 2.18. The fourth-order valence-electron chi connectivity index (χ4n) is 3.12. The van der Waals surface area contributed by atoms with Gasteiger partial charge in [0.05, 0.1) is 5.56 Å². The number of carbonyl (C=O) groups is 2. The number of carbonyl (C=O) groups excluding carboxylic acids is 2. The van der Waals surface area contributed by atoms with E-state index in [-0.39, 0.29) is 25.2 Å². The molecule has 0 N–H and O–H groups in total. The normalized spacial score (nSPS) is 10.5. The smallest absolute Gasteiger partial charge is 0.339 e. The quantitative estimate of drug-likeness (QED) is 0.504. The van der Waals surface area contributed by atoms with Gasteiger partial charge in [-0.05, 0) is 44.2 Å². The van der Waals surface area contributed by atoms with E-state index in [4.69, 9.17) is 9.47 Å². The van der Waals surface area contributed by atoms with Crippen LogP contribution >= 0.6 is 0 Å². The molecule has 5 nitrogen and oxygen atoms in total. The minimum absolute atomic E-state index is 0.0647. The monoisotopic (exact) mass is 403 g/mol. The molecule has 3 aromatic carbocycles. The van der Waals surface area contributed by atoms with Crippen molar-refractivity contribution in [3.8, 4) is 5.75 Å². The summed E-state index contributed by atoms with van der Waals surface area (Å²) in [4.78, 5) is 27.0. The Labute approximate surface area is 176 Å². The van der Waals surface area contributed by atoms with E-state index in [9.17, 15) is 9.59 Å². The van der Waals surface area contributed by atoms with Crippen LogP contribution in [0.4, 0.5) is 5.69 Å². The maximum absolute atomic E-state index is 12.7. The Morgan fingerprint density at radius 2 is 1.43 bits per heavy atom. The molecule has 0 atom stereocenters. The summed E-state index contributed by atoms with van der Waals surface area (Å²) in [6, 6.07) is 25.7. The van der Waals surface area contributed by atoms with Gasteiger partial charge >= 0.3 is 5.97 Å². The van der Waals surface area contributed by atoms with Gasteiger partial charge in [0, 0.05) is 17.3 Å². The molecule has 0 saturated heterocycles. The standard InChI is InChI=1S/C25H25NO4/c1-19(2)26(21-12-5-3-6-13-21)24(27)18-30-25(28)23-16-10-9-11-20(23)17-29-22-14-7-4-8-15-22/h3-16,19H,17-18H2,1-2H3. The van der Waals surface area contributed by atoms with Crippen molar-refractivity contribution in [2.75, 3.05) is 11.5 Å². The third-order valence-corrected chi connectivity index (χ3v) is 4.52. The summed E-state index contributed by atoms with van der Waals surface area (Å²) in [6.45, 7) is 3.73. The van der Waals surface area contributed by atoms with Crippen LogP contribution in [0.25, 0.3) is 0 Å². The lowest BCUT2D eigenvalue weighted by Crippen LogP contribution is -2.40. The molecule has 0 unspecified atom stereocenters. The van der Waals surface area contributed by atoms with Crippen LogP contribution in [0.5, 0.6) is 5.75 Å². The maximum Gasteiger partial charge on any atom is 0.339 e. The number of esters is 1. The van der Waals surface area contributed by atoms with Gasteiger partial charge in [-0.2, -0.15) is 0 Å². The minimum Gasteiger partial charge on any atom is -0.489 e. The molecule has 0 saturated carbocycles. The molecular formula is C25H25NO4. The van der Waals surface area contributed by atoms with Crippen molar-refractivity contribution in [1.29, 1.82) is 0 Å². The second-order valence-electron chi connectivity index (χ2n) is 7.03. The SMILES string of the molecule is CC(C)N(C(=O)COC(=O)c1ccccc1COc1ccccc1)c1ccccc1. The van der Waals surface area contributed by atoms with Gasteiger partial charge in [-0.1, -0.05) is 54.6 Å². The summed E-state index contributed by atoms with van der Waals surface area (Å²) < 4.78 is 11.1. The zero-order chi connectivity index (χ0) is 21.3. The van der Waals surface area contributed by atoms with Crippen molar-refractivity contribution in [3.05, 3.63) is 96.1 Å². The van der Waals surface area contributed by atoms with Gasteiger partial charge in [-0.25, -0.2) is 4.79 Å². The molecule has 154 valence electrons. The highest BCUT2D eigenvalue weighted by atomic mass is 16.5. The van der Waals surface area contributed by atoms with Crippen LogP contribution in [0.1, 0.15) is 29.8 Å². The summed E-state index contributed by atoms with van der Waals surface area (Å²) in [5, 5.41) is 0. The Balaban J connectivity index is 1.65. The average molecular weight is 403 g/mol. The Morgan fingerprint density at radius 3 is 2.10 bits per heavy atom. The van der Waals surface area contributed by atoms with Crippen molar-refractivity contribution in [2.45, 2.75) is 26.5 Å². The third-order valence-electron chi connectivity index (χ3n) is 4.52. The first kappa shape index (κ1) is 21.1. The van der Waals surface area contributed by atoms with E-state index in [1.807, 2.05) is 86.6 Å². The number of hydrogen-bond acceptors (Lipinski definition) is 4. The number of nitrogens with zero attached hydrogens (tertiary/aromatic N) is 1. The Morgan fingerprint density at radius 1 is 0.833 bits per heavy atom. The molecule has 30 heavy (non-hydrogen) atoms. The number of para-hydroxylation sites is 2. The average Bonchev–Trinajstić information content (AvgIpc) is 2.77. The molecule has 5 heteroatoms. The molecule has 0 fully saturated rings. The van der Waals surface area contributed by atoms with Gasteiger partial charge in [0.1, 0.15) is 12.4 Å². The number of anilines is 1. The van der Waals surface area contributed by atoms with Crippen molar-refractivity contribution < 1.29 is 19.1 Å². The topological polar surface area (TPSA) is 55.8 Å². The molecule has 3 aromatic rings. The van der Waals surface area contributed by atoms with E-state index < -0.39 is 5.97 Å². The number of ether oxygens (including phenoxy) is 2. The van der Waals surface area contributed by atoms with Crippen LogP contribution < -0.4 is 9.64 Å². The number of hydrogen-bond donors (Lipinski definition) is 0. The minimum atomic E-state index is -0.549. The van der Waals surface area contributed by atoms with Crippen molar-refractivity contribution in [2.24, 2.45) is 0 Å².